The molecule has 1 aromatic heterocycles. The summed E-state index contributed by atoms with van der Waals surface area (Å²) in [5.41, 5.74) is -0.0417. The van der Waals surface area contributed by atoms with Crippen LogP contribution in [0, 0.1) is 0 Å². The van der Waals surface area contributed by atoms with Crippen LogP contribution < -0.4 is 21.9 Å². The molecule has 2 rings (SSSR count). The fourth-order valence-electron chi connectivity index (χ4n) is 2.09. The summed E-state index contributed by atoms with van der Waals surface area (Å²) in [6.45, 7) is 3.20. The third kappa shape index (κ3) is 3.03. The Balaban J connectivity index is 2.41. The number of H-pyrrole nitrogens is 1. The number of likely N-dealkylation sites (N-methyl/N-ethyl adjacent to an activating group) is 1. The number of amides is 1. The quantitative estimate of drug-likeness (QED) is 0.656. The maximum absolute atomic E-state index is 12.1. The molecule has 0 saturated heterocycles. The molecule has 7 nitrogen and oxygen atoms in total. The summed E-state index contributed by atoms with van der Waals surface area (Å²) >= 11 is 0. The first-order valence-corrected chi connectivity index (χ1v) is 6.78. The van der Waals surface area contributed by atoms with Crippen LogP contribution in [0.15, 0.2) is 27.8 Å². The molecular formula is C14H18N4O3. The Morgan fingerprint density at radius 1 is 1.29 bits per heavy atom. The number of fused-ring (bicyclic) bond motifs is 1. The summed E-state index contributed by atoms with van der Waals surface area (Å²) in [5.74, 6) is -0.243. The highest BCUT2D eigenvalue weighted by molar-refractivity contribution is 5.97. The van der Waals surface area contributed by atoms with Gasteiger partial charge in [-0.2, -0.15) is 0 Å². The van der Waals surface area contributed by atoms with Gasteiger partial charge in [-0.1, -0.05) is 0 Å². The van der Waals surface area contributed by atoms with E-state index < -0.39 is 5.69 Å². The van der Waals surface area contributed by atoms with E-state index in [4.69, 9.17) is 0 Å². The lowest BCUT2D eigenvalue weighted by Crippen LogP contribution is -2.34. The van der Waals surface area contributed by atoms with Gasteiger partial charge in [0.05, 0.1) is 10.9 Å². The maximum Gasteiger partial charge on any atom is 0.328 e. The van der Waals surface area contributed by atoms with E-state index in [1.54, 1.807) is 26.1 Å². The van der Waals surface area contributed by atoms with E-state index >= 15 is 0 Å². The number of hydrogen-bond acceptors (Lipinski definition) is 4. The molecule has 21 heavy (non-hydrogen) atoms. The second-order valence-electron chi connectivity index (χ2n) is 4.60. The van der Waals surface area contributed by atoms with E-state index in [9.17, 15) is 14.4 Å². The molecule has 3 N–H and O–H groups in total. The molecule has 112 valence electrons. The molecule has 7 heteroatoms. The Hall–Kier alpha value is -2.41. The van der Waals surface area contributed by atoms with Gasteiger partial charge >= 0.3 is 5.69 Å². The Morgan fingerprint density at radius 2 is 2.05 bits per heavy atom. The molecule has 0 radical (unpaired) electrons. The summed E-state index contributed by atoms with van der Waals surface area (Å²) in [5, 5.41) is 6.06. The zero-order valence-corrected chi connectivity index (χ0v) is 12.0. The minimum atomic E-state index is -0.470. The average molecular weight is 290 g/mol. The van der Waals surface area contributed by atoms with E-state index in [1.165, 1.54) is 6.07 Å². The molecule has 0 aliphatic carbocycles. The predicted molar refractivity (Wildman–Crippen MR) is 80.8 cm³/mol. The van der Waals surface area contributed by atoms with Crippen LogP contribution in [0.25, 0.3) is 10.9 Å². The highest BCUT2D eigenvalue weighted by Gasteiger charge is 2.10. The van der Waals surface area contributed by atoms with E-state index in [-0.39, 0.29) is 11.5 Å². The Kier molecular flexibility index (Phi) is 4.54. The standard InChI is InChI=1S/C14H18N4O3/c1-3-18-13(20)10-5-4-9(8-11(10)17-14(18)21)12(19)16-7-6-15-2/h4-5,8,15H,3,6-7H2,1-2H3,(H,16,19)(H,17,21). The predicted octanol–water partition coefficient (Wildman–Crippen LogP) is -0.341. The minimum absolute atomic E-state index is 0.243. The van der Waals surface area contributed by atoms with Crippen LogP contribution in [-0.4, -0.2) is 35.6 Å². The fourth-order valence-corrected chi connectivity index (χ4v) is 2.09. The van der Waals surface area contributed by atoms with Crippen LogP contribution in [0.1, 0.15) is 17.3 Å². The first-order valence-electron chi connectivity index (χ1n) is 6.78. The van der Waals surface area contributed by atoms with Crippen molar-refractivity contribution in [2.24, 2.45) is 0 Å². The highest BCUT2D eigenvalue weighted by Crippen LogP contribution is 2.09. The van der Waals surface area contributed by atoms with E-state index in [0.29, 0.717) is 36.1 Å². The number of nitrogens with one attached hydrogen (secondary N) is 3. The summed E-state index contributed by atoms with van der Waals surface area (Å²) in [7, 11) is 1.80. The first-order chi connectivity index (χ1) is 10.1. The smallest absolute Gasteiger partial charge is 0.328 e. The Bertz CT molecular complexity index is 776. The SMILES string of the molecule is CCn1c(=O)[nH]c2cc(C(=O)NCCNC)ccc2c1=O. The third-order valence-electron chi connectivity index (χ3n) is 3.22. The van der Waals surface area contributed by atoms with Crippen molar-refractivity contribution in [3.63, 3.8) is 0 Å². The van der Waals surface area contributed by atoms with E-state index in [0.717, 1.165) is 4.57 Å². The van der Waals surface area contributed by atoms with Crippen molar-refractivity contribution in [1.29, 1.82) is 0 Å². The van der Waals surface area contributed by atoms with Crippen molar-refractivity contribution in [3.05, 3.63) is 44.6 Å². The molecule has 0 bridgehead atoms. The van der Waals surface area contributed by atoms with Gasteiger partial charge in [0.2, 0.25) is 0 Å². The molecule has 1 aromatic carbocycles. The van der Waals surface area contributed by atoms with Crippen LogP contribution in [0.5, 0.6) is 0 Å². The van der Waals surface area contributed by atoms with Crippen molar-refractivity contribution < 1.29 is 4.79 Å². The molecule has 0 aliphatic rings. The van der Waals surface area contributed by atoms with Gasteiger partial charge < -0.3 is 15.6 Å². The maximum atomic E-state index is 12.1. The van der Waals surface area contributed by atoms with Crippen molar-refractivity contribution in [3.8, 4) is 0 Å². The molecule has 2 aromatic rings. The van der Waals surface area contributed by atoms with Crippen LogP contribution in [-0.2, 0) is 6.54 Å². The van der Waals surface area contributed by atoms with Crippen LogP contribution in [0.4, 0.5) is 0 Å². The molecule has 1 heterocycles. The number of aromatic nitrogens is 2. The zero-order valence-electron chi connectivity index (χ0n) is 12.0. The van der Waals surface area contributed by atoms with Gasteiger partial charge in [0.15, 0.2) is 0 Å². The summed E-state index contributed by atoms with van der Waals surface area (Å²) in [4.78, 5) is 38.5. The second kappa shape index (κ2) is 6.36. The molecule has 0 spiro atoms. The average Bonchev–Trinajstić information content (AvgIpc) is 2.47. The number of hydrogen-bond donors (Lipinski definition) is 3. The van der Waals surface area contributed by atoms with Crippen LogP contribution in [0.2, 0.25) is 0 Å². The highest BCUT2D eigenvalue weighted by atomic mass is 16.2. The number of carbonyl (C=O) groups excluding carboxylic acids is 1. The molecule has 0 aliphatic heterocycles. The number of benzene rings is 1. The van der Waals surface area contributed by atoms with Gasteiger partial charge in [0.1, 0.15) is 0 Å². The lowest BCUT2D eigenvalue weighted by Gasteiger charge is -2.07. The topological polar surface area (TPSA) is 96.0 Å². The first kappa shape index (κ1) is 15.0. The largest absolute Gasteiger partial charge is 0.351 e. The number of aromatic amines is 1. The van der Waals surface area contributed by atoms with E-state index in [2.05, 4.69) is 15.6 Å². The van der Waals surface area contributed by atoms with Crippen molar-refractivity contribution >= 4 is 16.8 Å². The Labute approximate surface area is 121 Å². The minimum Gasteiger partial charge on any atom is -0.351 e. The van der Waals surface area contributed by atoms with Crippen molar-refractivity contribution in [2.45, 2.75) is 13.5 Å². The monoisotopic (exact) mass is 290 g/mol. The van der Waals surface area contributed by atoms with Crippen molar-refractivity contribution in [1.82, 2.24) is 20.2 Å². The van der Waals surface area contributed by atoms with Gasteiger partial charge in [-0.25, -0.2) is 4.79 Å². The number of carbonyl (C=O) groups is 1. The second-order valence-corrected chi connectivity index (χ2v) is 4.60. The Morgan fingerprint density at radius 3 is 2.71 bits per heavy atom. The summed E-state index contributed by atoms with van der Waals surface area (Å²) < 4.78 is 1.12. The van der Waals surface area contributed by atoms with Crippen LogP contribution in [0.3, 0.4) is 0 Å². The third-order valence-corrected chi connectivity index (χ3v) is 3.22. The summed E-state index contributed by atoms with van der Waals surface area (Å²) in [6, 6.07) is 4.66. The van der Waals surface area contributed by atoms with Gasteiger partial charge in [-0.3, -0.25) is 14.2 Å². The number of rotatable bonds is 5. The lowest BCUT2D eigenvalue weighted by molar-refractivity contribution is 0.0954. The lowest BCUT2D eigenvalue weighted by atomic mass is 10.1. The molecular weight excluding hydrogens is 272 g/mol. The number of nitrogens with zero attached hydrogens (tertiary/aromatic N) is 1. The van der Waals surface area contributed by atoms with Crippen LogP contribution >= 0.6 is 0 Å². The zero-order chi connectivity index (χ0) is 15.4. The van der Waals surface area contributed by atoms with Gasteiger partial charge in [-0.05, 0) is 32.2 Å². The molecule has 0 saturated carbocycles. The van der Waals surface area contributed by atoms with Crippen molar-refractivity contribution in [2.75, 3.05) is 20.1 Å². The molecule has 0 unspecified atom stereocenters. The van der Waals surface area contributed by atoms with Gasteiger partial charge in [-0.15, -0.1) is 0 Å². The van der Waals surface area contributed by atoms with Gasteiger partial charge in [0, 0.05) is 25.2 Å². The van der Waals surface area contributed by atoms with E-state index in [1.807, 2.05) is 0 Å². The molecule has 1 amide bonds. The fraction of sp³-hybridized carbons (Fsp3) is 0.357. The normalized spacial score (nSPS) is 10.8. The molecule has 0 atom stereocenters. The summed E-state index contributed by atoms with van der Waals surface area (Å²) in [6.07, 6.45) is 0. The molecule has 0 fully saturated rings. The van der Waals surface area contributed by atoms with Gasteiger partial charge in [0.25, 0.3) is 11.5 Å².